The molecule has 1 fully saturated rings. The van der Waals surface area contributed by atoms with E-state index in [-0.39, 0.29) is 5.78 Å². The predicted octanol–water partition coefficient (Wildman–Crippen LogP) is 6.63. The summed E-state index contributed by atoms with van der Waals surface area (Å²) in [7, 11) is 2.17. The number of carbonyl (C=O) groups excluding carboxylic acids is 1. The van der Waals surface area contributed by atoms with Crippen molar-refractivity contribution in [2.75, 3.05) is 33.2 Å². The molecule has 1 saturated heterocycles. The number of rotatable bonds is 8. The number of piperazine rings is 1. The van der Waals surface area contributed by atoms with Gasteiger partial charge < -0.3 is 9.64 Å². The second kappa shape index (κ2) is 11.7. The second-order valence-corrected chi connectivity index (χ2v) is 11.3. The van der Waals surface area contributed by atoms with Crippen LogP contribution in [0.4, 0.5) is 0 Å². The lowest BCUT2D eigenvalue weighted by Gasteiger charge is -2.32. The molecule has 0 atom stereocenters. The van der Waals surface area contributed by atoms with Crippen molar-refractivity contribution in [3.05, 3.63) is 107 Å². The molecule has 1 aliphatic rings. The van der Waals surface area contributed by atoms with Gasteiger partial charge in [-0.25, -0.2) is 4.98 Å². The van der Waals surface area contributed by atoms with Crippen LogP contribution in [0.1, 0.15) is 27.0 Å². The van der Waals surface area contributed by atoms with Crippen LogP contribution in [0, 0.1) is 6.92 Å². The highest BCUT2D eigenvalue weighted by Crippen LogP contribution is 2.35. The van der Waals surface area contributed by atoms with E-state index in [1.54, 1.807) is 23.7 Å². The Bertz CT molecular complexity index is 1640. The van der Waals surface area contributed by atoms with E-state index < -0.39 is 0 Å². The maximum absolute atomic E-state index is 13.2. The molecule has 0 unspecified atom stereocenters. The minimum Gasteiger partial charge on any atom is -0.457 e. The van der Waals surface area contributed by atoms with Gasteiger partial charge in [-0.2, -0.15) is 0 Å². The fourth-order valence-corrected chi connectivity index (χ4v) is 5.88. The smallest absolute Gasteiger partial charge is 0.167 e. The van der Waals surface area contributed by atoms with Crippen LogP contribution in [0.2, 0.25) is 0 Å². The van der Waals surface area contributed by atoms with E-state index in [1.807, 2.05) is 66.0 Å². The van der Waals surface area contributed by atoms with Gasteiger partial charge in [-0.15, -0.1) is 11.3 Å². The van der Waals surface area contributed by atoms with Crippen LogP contribution in [0.25, 0.3) is 21.5 Å². The van der Waals surface area contributed by atoms with E-state index >= 15 is 0 Å². The number of hydrogen-bond donors (Lipinski definition) is 0. The van der Waals surface area contributed by atoms with Crippen LogP contribution < -0.4 is 4.74 Å². The zero-order valence-electron chi connectivity index (χ0n) is 22.8. The number of Topliss-reactive ketones (excluding diaryl/α,β-unsaturated/α-hetero) is 1. The minimum absolute atomic E-state index is 0.107. The Hall–Kier alpha value is -3.91. The van der Waals surface area contributed by atoms with E-state index in [2.05, 4.69) is 34.8 Å². The second-order valence-electron chi connectivity index (χ2n) is 10.5. The summed E-state index contributed by atoms with van der Waals surface area (Å²) in [4.78, 5) is 27.9. The van der Waals surface area contributed by atoms with Crippen molar-refractivity contribution in [3.63, 3.8) is 0 Å². The van der Waals surface area contributed by atoms with E-state index in [0.717, 1.165) is 71.1 Å². The third-order valence-electron chi connectivity index (χ3n) is 7.52. The van der Waals surface area contributed by atoms with Gasteiger partial charge in [0.1, 0.15) is 16.3 Å². The van der Waals surface area contributed by atoms with E-state index in [1.165, 1.54) is 11.1 Å². The number of nitrogens with zero attached hydrogens (tertiary/aromatic N) is 4. The SMILES string of the molecule is Cc1cc(C(=O)Cc2cccc(Oc3cc(-c4ccncc4)nc4sccc34)c2)ccc1CN1CCN(C)CC1. The van der Waals surface area contributed by atoms with Crippen LogP contribution in [-0.2, 0) is 13.0 Å². The fourth-order valence-electron chi connectivity index (χ4n) is 5.10. The highest BCUT2D eigenvalue weighted by molar-refractivity contribution is 7.16. The van der Waals surface area contributed by atoms with Crippen molar-refractivity contribution in [1.82, 2.24) is 19.8 Å². The molecule has 3 aromatic heterocycles. The van der Waals surface area contributed by atoms with Crippen molar-refractivity contribution < 1.29 is 9.53 Å². The third-order valence-corrected chi connectivity index (χ3v) is 8.33. The lowest BCUT2D eigenvalue weighted by molar-refractivity contribution is 0.0993. The molecule has 5 aromatic rings. The number of aryl methyl sites for hydroxylation is 1. The number of pyridine rings is 2. The quantitative estimate of drug-likeness (QED) is 0.203. The first kappa shape index (κ1) is 26.3. The van der Waals surface area contributed by atoms with Crippen molar-refractivity contribution in [1.29, 1.82) is 0 Å². The molecule has 0 radical (unpaired) electrons. The number of carbonyl (C=O) groups is 1. The number of fused-ring (bicyclic) bond motifs is 1. The molecular weight excluding hydrogens is 516 g/mol. The average Bonchev–Trinajstić information content (AvgIpc) is 3.45. The standard InChI is InChI=1S/C33H32N4O2S/c1-23-18-26(6-7-27(23)22-37-15-13-36(2)14-16-37)31(38)20-24-4-3-5-28(19-24)39-32-21-30(25-8-11-34-12-9-25)35-33-29(32)10-17-40-33/h3-12,17-19,21H,13-16,20,22H2,1-2H3. The number of ketones is 1. The molecule has 0 spiro atoms. The third kappa shape index (κ3) is 5.97. The summed E-state index contributed by atoms with van der Waals surface area (Å²) in [6.07, 6.45) is 3.85. The van der Waals surface area contributed by atoms with Gasteiger partial charge in [-0.05, 0) is 72.4 Å². The van der Waals surface area contributed by atoms with Crippen LogP contribution in [-0.4, -0.2) is 58.8 Å². The molecule has 0 saturated carbocycles. The number of benzene rings is 2. The molecule has 1 aliphatic heterocycles. The molecule has 6 rings (SSSR count). The molecule has 0 N–H and O–H groups in total. The van der Waals surface area contributed by atoms with Crippen molar-refractivity contribution in [2.24, 2.45) is 0 Å². The molecule has 202 valence electrons. The summed E-state index contributed by atoms with van der Waals surface area (Å²) in [5.74, 6) is 1.55. The summed E-state index contributed by atoms with van der Waals surface area (Å²) >= 11 is 1.59. The summed E-state index contributed by atoms with van der Waals surface area (Å²) in [6, 6.07) is 21.8. The first-order chi connectivity index (χ1) is 19.5. The van der Waals surface area contributed by atoms with Crippen molar-refractivity contribution in [2.45, 2.75) is 19.9 Å². The van der Waals surface area contributed by atoms with Gasteiger partial charge in [0.15, 0.2) is 5.78 Å². The van der Waals surface area contributed by atoms with Crippen LogP contribution in [0.15, 0.2) is 84.5 Å². The van der Waals surface area contributed by atoms with Crippen molar-refractivity contribution in [3.8, 4) is 22.8 Å². The molecule has 6 nitrogen and oxygen atoms in total. The first-order valence-corrected chi connectivity index (χ1v) is 14.5. The van der Waals surface area contributed by atoms with E-state index in [4.69, 9.17) is 9.72 Å². The lowest BCUT2D eigenvalue weighted by Crippen LogP contribution is -2.43. The monoisotopic (exact) mass is 548 g/mol. The molecule has 0 aliphatic carbocycles. The van der Waals surface area contributed by atoms with Gasteiger partial charge in [0, 0.05) is 68.7 Å². The number of aromatic nitrogens is 2. The van der Waals surface area contributed by atoms with Gasteiger partial charge in [-0.1, -0.05) is 24.3 Å². The highest BCUT2D eigenvalue weighted by Gasteiger charge is 2.16. The Morgan fingerprint density at radius 2 is 1.80 bits per heavy atom. The number of thiophene rings is 1. The van der Waals surface area contributed by atoms with Gasteiger partial charge in [-0.3, -0.25) is 14.7 Å². The topological polar surface area (TPSA) is 58.6 Å². The Kier molecular flexibility index (Phi) is 7.68. The molecule has 0 bridgehead atoms. The maximum atomic E-state index is 13.2. The zero-order chi connectivity index (χ0) is 27.5. The normalized spacial score (nSPS) is 14.4. The van der Waals surface area contributed by atoms with Crippen LogP contribution in [0.5, 0.6) is 11.5 Å². The first-order valence-electron chi connectivity index (χ1n) is 13.6. The van der Waals surface area contributed by atoms with Gasteiger partial charge in [0.25, 0.3) is 0 Å². The molecule has 40 heavy (non-hydrogen) atoms. The van der Waals surface area contributed by atoms with Crippen LogP contribution in [0.3, 0.4) is 0 Å². The number of likely N-dealkylation sites (N-methyl/N-ethyl adjacent to an activating group) is 1. The van der Waals surface area contributed by atoms with Crippen LogP contribution >= 0.6 is 11.3 Å². The van der Waals surface area contributed by atoms with Gasteiger partial charge in [0.05, 0.1) is 11.1 Å². The Labute approximate surface area is 238 Å². The number of hydrogen-bond acceptors (Lipinski definition) is 7. The average molecular weight is 549 g/mol. The highest BCUT2D eigenvalue weighted by atomic mass is 32.1. The maximum Gasteiger partial charge on any atom is 0.167 e. The van der Waals surface area contributed by atoms with Gasteiger partial charge >= 0.3 is 0 Å². The van der Waals surface area contributed by atoms with Gasteiger partial charge in [0.2, 0.25) is 0 Å². The molecule has 4 heterocycles. The molecule has 0 amide bonds. The van der Waals surface area contributed by atoms with E-state index in [9.17, 15) is 4.79 Å². The molecule has 2 aromatic carbocycles. The van der Waals surface area contributed by atoms with E-state index in [0.29, 0.717) is 12.2 Å². The molecular formula is C33H32N4O2S. The summed E-state index contributed by atoms with van der Waals surface area (Å²) in [6.45, 7) is 7.40. The summed E-state index contributed by atoms with van der Waals surface area (Å²) in [5.41, 5.74) is 5.96. The summed E-state index contributed by atoms with van der Waals surface area (Å²) in [5, 5.41) is 2.99. The Balaban J connectivity index is 1.17. The van der Waals surface area contributed by atoms with Crippen molar-refractivity contribution >= 4 is 27.3 Å². The minimum atomic E-state index is 0.107. The summed E-state index contributed by atoms with van der Waals surface area (Å²) < 4.78 is 6.39. The molecule has 7 heteroatoms. The Morgan fingerprint density at radius 3 is 2.60 bits per heavy atom. The predicted molar refractivity (Wildman–Crippen MR) is 161 cm³/mol. The lowest BCUT2D eigenvalue weighted by atomic mass is 9.98. The fraction of sp³-hybridized carbons (Fsp3) is 0.242. The number of ether oxygens (including phenoxy) is 1. The largest absolute Gasteiger partial charge is 0.457 e. The zero-order valence-corrected chi connectivity index (χ0v) is 23.7. The Morgan fingerprint density at radius 1 is 0.975 bits per heavy atom.